The van der Waals surface area contributed by atoms with Crippen molar-refractivity contribution in [2.24, 2.45) is 4.99 Å². The summed E-state index contributed by atoms with van der Waals surface area (Å²) in [4.78, 5) is 4.36. The first-order valence-electron chi connectivity index (χ1n) is 9.87. The third-order valence-electron chi connectivity index (χ3n) is 5.71. The van der Waals surface area contributed by atoms with Gasteiger partial charge in [0.05, 0.1) is 18.2 Å². The molecule has 0 radical (unpaired) electrons. The molecule has 3 aliphatic rings. The molecule has 4 heterocycles. The minimum atomic E-state index is 0. The summed E-state index contributed by atoms with van der Waals surface area (Å²) in [6.07, 6.45) is 11.2. The van der Waals surface area contributed by atoms with Crippen LogP contribution in [0.25, 0.3) is 0 Å². The van der Waals surface area contributed by atoms with Crippen molar-refractivity contribution in [1.82, 2.24) is 25.4 Å². The standard InChI is InChI=1S/C18H30N6O.HI/c1-19-18(21-14-12-13-8-9-15(14)25-13)20-10-5-7-17-23-22-16-6-3-2-4-11-24(16)17;/h13-15H,2-12H2,1H3,(H2,19,20,21);1H. The van der Waals surface area contributed by atoms with Crippen molar-refractivity contribution < 1.29 is 4.74 Å². The molecule has 0 saturated carbocycles. The monoisotopic (exact) mass is 474 g/mol. The lowest BCUT2D eigenvalue weighted by atomic mass is 9.96. The largest absolute Gasteiger partial charge is 0.373 e. The molecule has 26 heavy (non-hydrogen) atoms. The van der Waals surface area contributed by atoms with Gasteiger partial charge in [-0.25, -0.2) is 0 Å². The van der Waals surface area contributed by atoms with Crippen LogP contribution in [-0.2, 0) is 24.1 Å². The fourth-order valence-electron chi connectivity index (χ4n) is 4.34. The number of ether oxygens (including phenoxy) is 1. The predicted octanol–water partition coefficient (Wildman–Crippen LogP) is 2.04. The molecule has 3 aliphatic heterocycles. The van der Waals surface area contributed by atoms with Crippen LogP contribution in [0, 0.1) is 0 Å². The SMILES string of the molecule is CN=C(NCCCc1nnc2n1CCCCC2)NC1CC2CCC1O2.I. The van der Waals surface area contributed by atoms with E-state index in [1.807, 2.05) is 7.05 Å². The molecule has 0 amide bonds. The Hall–Kier alpha value is -0.900. The molecule has 1 aromatic heterocycles. The summed E-state index contributed by atoms with van der Waals surface area (Å²) in [6, 6.07) is 0.414. The van der Waals surface area contributed by atoms with Gasteiger partial charge in [-0.1, -0.05) is 6.42 Å². The van der Waals surface area contributed by atoms with Gasteiger partial charge in [-0.3, -0.25) is 4.99 Å². The molecule has 7 nitrogen and oxygen atoms in total. The number of guanidine groups is 1. The highest BCUT2D eigenvalue weighted by atomic mass is 127. The maximum Gasteiger partial charge on any atom is 0.191 e. The van der Waals surface area contributed by atoms with Gasteiger partial charge >= 0.3 is 0 Å². The second-order valence-corrected chi connectivity index (χ2v) is 7.46. The van der Waals surface area contributed by atoms with E-state index in [0.717, 1.165) is 50.6 Å². The van der Waals surface area contributed by atoms with Crippen molar-refractivity contribution in [2.45, 2.75) is 82.6 Å². The van der Waals surface area contributed by atoms with Crippen molar-refractivity contribution >= 4 is 29.9 Å². The van der Waals surface area contributed by atoms with Gasteiger partial charge < -0.3 is 19.9 Å². The molecule has 0 aliphatic carbocycles. The van der Waals surface area contributed by atoms with Gasteiger partial charge in [0.1, 0.15) is 11.6 Å². The van der Waals surface area contributed by atoms with Gasteiger partial charge in [0.25, 0.3) is 0 Å². The molecule has 8 heteroatoms. The van der Waals surface area contributed by atoms with E-state index in [0.29, 0.717) is 18.2 Å². The van der Waals surface area contributed by atoms with Gasteiger partial charge in [-0.15, -0.1) is 34.2 Å². The Labute approximate surface area is 172 Å². The third-order valence-corrected chi connectivity index (χ3v) is 5.71. The van der Waals surface area contributed by atoms with Crippen LogP contribution in [0.3, 0.4) is 0 Å². The number of rotatable bonds is 5. The zero-order valence-corrected chi connectivity index (χ0v) is 17.9. The third kappa shape index (κ3) is 4.49. The molecule has 0 aromatic carbocycles. The highest BCUT2D eigenvalue weighted by Crippen LogP contribution is 2.34. The topological polar surface area (TPSA) is 76.4 Å². The molecule has 2 saturated heterocycles. The van der Waals surface area contributed by atoms with Crippen LogP contribution in [0.5, 0.6) is 0 Å². The van der Waals surface area contributed by atoms with Crippen LogP contribution in [0.4, 0.5) is 0 Å². The zero-order chi connectivity index (χ0) is 17.1. The Balaban J connectivity index is 0.00000196. The Morgan fingerprint density at radius 3 is 2.96 bits per heavy atom. The number of nitrogens with one attached hydrogen (secondary N) is 2. The summed E-state index contributed by atoms with van der Waals surface area (Å²) in [6.45, 7) is 1.97. The summed E-state index contributed by atoms with van der Waals surface area (Å²) in [5, 5.41) is 15.8. The van der Waals surface area contributed by atoms with Gasteiger partial charge in [0, 0.05) is 33.0 Å². The van der Waals surface area contributed by atoms with Crippen molar-refractivity contribution in [3.8, 4) is 0 Å². The lowest BCUT2D eigenvalue weighted by Gasteiger charge is -2.22. The fourth-order valence-corrected chi connectivity index (χ4v) is 4.34. The zero-order valence-electron chi connectivity index (χ0n) is 15.6. The van der Waals surface area contributed by atoms with Crippen LogP contribution in [0.1, 0.15) is 56.6 Å². The van der Waals surface area contributed by atoms with Crippen molar-refractivity contribution in [3.05, 3.63) is 11.6 Å². The number of fused-ring (bicyclic) bond motifs is 3. The highest BCUT2D eigenvalue weighted by Gasteiger charge is 2.41. The minimum absolute atomic E-state index is 0. The molecule has 3 atom stereocenters. The summed E-state index contributed by atoms with van der Waals surface area (Å²) >= 11 is 0. The van der Waals surface area contributed by atoms with E-state index in [4.69, 9.17) is 4.74 Å². The normalized spacial score (nSPS) is 27.6. The second kappa shape index (κ2) is 9.34. The van der Waals surface area contributed by atoms with Crippen molar-refractivity contribution in [1.29, 1.82) is 0 Å². The number of hydrogen-bond donors (Lipinski definition) is 2. The van der Waals surface area contributed by atoms with E-state index in [1.54, 1.807) is 0 Å². The average molecular weight is 474 g/mol. The number of nitrogens with zero attached hydrogens (tertiary/aromatic N) is 4. The number of aliphatic imine (C=N–C) groups is 1. The van der Waals surface area contributed by atoms with E-state index in [2.05, 4.69) is 30.4 Å². The highest BCUT2D eigenvalue weighted by molar-refractivity contribution is 14.0. The quantitative estimate of drug-likeness (QED) is 0.296. The molecule has 146 valence electrons. The maximum atomic E-state index is 5.90. The van der Waals surface area contributed by atoms with Crippen LogP contribution < -0.4 is 10.6 Å². The molecule has 2 bridgehead atoms. The Kier molecular flexibility index (Phi) is 7.13. The molecule has 3 unspecified atom stereocenters. The van der Waals surface area contributed by atoms with Gasteiger partial charge in [0.15, 0.2) is 5.96 Å². The van der Waals surface area contributed by atoms with E-state index in [-0.39, 0.29) is 24.0 Å². The van der Waals surface area contributed by atoms with Crippen LogP contribution in [0.15, 0.2) is 4.99 Å². The smallest absolute Gasteiger partial charge is 0.191 e. The average Bonchev–Trinajstić information content (AvgIpc) is 3.30. The van der Waals surface area contributed by atoms with Crippen LogP contribution in [-0.4, -0.2) is 52.6 Å². The van der Waals surface area contributed by atoms with Crippen LogP contribution in [0.2, 0.25) is 0 Å². The van der Waals surface area contributed by atoms with E-state index >= 15 is 0 Å². The fraction of sp³-hybridized carbons (Fsp3) is 0.833. The molecule has 2 fully saturated rings. The lowest BCUT2D eigenvalue weighted by molar-refractivity contribution is 0.0992. The Morgan fingerprint density at radius 1 is 1.27 bits per heavy atom. The minimum Gasteiger partial charge on any atom is -0.373 e. The first-order valence-corrected chi connectivity index (χ1v) is 9.87. The first kappa shape index (κ1) is 19.9. The molecular formula is C18H31IN6O. The molecule has 2 N–H and O–H groups in total. The number of aryl methyl sites for hydroxylation is 2. The number of halogens is 1. The van der Waals surface area contributed by atoms with Gasteiger partial charge in [0.2, 0.25) is 0 Å². The maximum absolute atomic E-state index is 5.90. The van der Waals surface area contributed by atoms with E-state index in [1.165, 1.54) is 37.9 Å². The predicted molar refractivity (Wildman–Crippen MR) is 112 cm³/mol. The molecular weight excluding hydrogens is 443 g/mol. The number of aromatic nitrogens is 3. The first-order chi connectivity index (χ1) is 12.3. The summed E-state index contributed by atoms with van der Waals surface area (Å²) in [5.41, 5.74) is 0. The van der Waals surface area contributed by atoms with Crippen molar-refractivity contribution in [2.75, 3.05) is 13.6 Å². The molecule has 4 rings (SSSR count). The number of hydrogen-bond acceptors (Lipinski definition) is 4. The van der Waals surface area contributed by atoms with E-state index in [9.17, 15) is 0 Å². The molecule has 0 spiro atoms. The second-order valence-electron chi connectivity index (χ2n) is 7.46. The van der Waals surface area contributed by atoms with Gasteiger partial charge in [-0.05, 0) is 38.5 Å². The summed E-state index contributed by atoms with van der Waals surface area (Å²) < 4.78 is 8.24. The van der Waals surface area contributed by atoms with Gasteiger partial charge in [-0.2, -0.15) is 0 Å². The lowest BCUT2D eigenvalue weighted by Crippen LogP contribution is -2.47. The summed E-state index contributed by atoms with van der Waals surface area (Å²) in [7, 11) is 1.84. The Bertz CT molecular complexity index is 619. The molecule has 1 aromatic rings. The Morgan fingerprint density at radius 2 is 2.19 bits per heavy atom. The van der Waals surface area contributed by atoms with E-state index < -0.39 is 0 Å². The summed E-state index contributed by atoms with van der Waals surface area (Å²) in [5.74, 6) is 3.21. The van der Waals surface area contributed by atoms with Crippen LogP contribution >= 0.6 is 24.0 Å². The van der Waals surface area contributed by atoms with Crippen molar-refractivity contribution in [3.63, 3.8) is 0 Å².